The van der Waals surface area contributed by atoms with Crippen LogP contribution >= 0.6 is 15.9 Å². The number of nitrogens with one attached hydrogen (secondary N) is 1. The molecule has 0 aromatic heterocycles. The van der Waals surface area contributed by atoms with E-state index in [-0.39, 0.29) is 29.7 Å². The lowest BCUT2D eigenvalue weighted by atomic mass is 10.0. The van der Waals surface area contributed by atoms with Crippen LogP contribution in [-0.2, 0) is 32.6 Å². The Bertz CT molecular complexity index is 1690. The van der Waals surface area contributed by atoms with Gasteiger partial charge in [0.2, 0.25) is 11.8 Å². The number of halogens is 1. The van der Waals surface area contributed by atoms with Gasteiger partial charge in [0.15, 0.2) is 0 Å². The maximum atomic E-state index is 14.5. The smallest absolute Gasteiger partial charge is 0.264 e. The number of carbonyl (C=O) groups is 2. The van der Waals surface area contributed by atoms with E-state index in [2.05, 4.69) is 21.2 Å². The fourth-order valence-electron chi connectivity index (χ4n) is 4.96. The van der Waals surface area contributed by atoms with E-state index < -0.39 is 28.5 Å². The van der Waals surface area contributed by atoms with Crippen LogP contribution in [0.1, 0.15) is 36.1 Å². The van der Waals surface area contributed by atoms with Crippen molar-refractivity contribution < 1.29 is 18.0 Å². The van der Waals surface area contributed by atoms with Crippen molar-refractivity contribution >= 4 is 43.5 Å². The highest BCUT2D eigenvalue weighted by molar-refractivity contribution is 9.10. The fraction of sp³-hybridized carbons (Fsp3) is 0.278. The van der Waals surface area contributed by atoms with Crippen LogP contribution in [0.15, 0.2) is 112 Å². The number of benzene rings is 4. The van der Waals surface area contributed by atoms with Crippen molar-refractivity contribution in [3.05, 3.63) is 130 Å². The minimum Gasteiger partial charge on any atom is -0.354 e. The highest BCUT2D eigenvalue weighted by Gasteiger charge is 2.35. The molecule has 0 radical (unpaired) electrons. The molecule has 45 heavy (non-hydrogen) atoms. The number of sulfonamides is 1. The Kier molecular flexibility index (Phi) is 11.6. The third kappa shape index (κ3) is 9.05. The van der Waals surface area contributed by atoms with Crippen molar-refractivity contribution in [3.8, 4) is 0 Å². The van der Waals surface area contributed by atoms with Gasteiger partial charge in [0.25, 0.3) is 10.0 Å². The Morgan fingerprint density at radius 1 is 0.800 bits per heavy atom. The second-order valence-electron chi connectivity index (χ2n) is 11.6. The van der Waals surface area contributed by atoms with Crippen LogP contribution in [-0.4, -0.2) is 44.3 Å². The first-order valence-electron chi connectivity index (χ1n) is 15.0. The normalized spacial score (nSPS) is 12.0. The number of para-hydroxylation sites is 1. The number of anilines is 1. The number of rotatable bonds is 13. The standard InChI is InChI=1S/C36H40BrN3O4S/c1-26(2)23-38-36(42)34(22-29-11-6-5-7-12-29)39(24-30-16-18-31(37)19-17-30)35(41)25-40(33-13-9-8-10-28(33)4)45(43,44)32-20-14-27(3)15-21-32/h5-21,26,34H,22-25H2,1-4H3,(H,38,42). The van der Waals surface area contributed by atoms with Crippen LogP contribution in [0, 0.1) is 19.8 Å². The predicted octanol–water partition coefficient (Wildman–Crippen LogP) is 6.67. The first-order chi connectivity index (χ1) is 21.5. The van der Waals surface area contributed by atoms with Gasteiger partial charge in [-0.3, -0.25) is 13.9 Å². The van der Waals surface area contributed by atoms with Crippen molar-refractivity contribution in [2.75, 3.05) is 17.4 Å². The largest absolute Gasteiger partial charge is 0.354 e. The molecule has 0 saturated carbocycles. The van der Waals surface area contributed by atoms with Crippen LogP contribution in [0.2, 0.25) is 0 Å². The number of aryl methyl sites for hydroxylation is 2. The lowest BCUT2D eigenvalue weighted by molar-refractivity contribution is -0.140. The topological polar surface area (TPSA) is 86.8 Å². The zero-order valence-corrected chi connectivity index (χ0v) is 28.5. The van der Waals surface area contributed by atoms with E-state index in [1.165, 1.54) is 4.90 Å². The monoisotopic (exact) mass is 689 g/mol. The maximum absolute atomic E-state index is 14.5. The molecule has 7 nitrogen and oxygen atoms in total. The molecule has 0 aliphatic rings. The molecule has 4 aromatic rings. The summed E-state index contributed by atoms with van der Waals surface area (Å²) in [7, 11) is -4.15. The van der Waals surface area contributed by atoms with E-state index >= 15 is 0 Å². The lowest BCUT2D eigenvalue weighted by Gasteiger charge is -2.34. The average molecular weight is 691 g/mol. The van der Waals surface area contributed by atoms with Crippen LogP contribution in [0.4, 0.5) is 5.69 Å². The molecule has 0 heterocycles. The van der Waals surface area contributed by atoms with Crippen molar-refractivity contribution in [2.45, 2.75) is 51.6 Å². The molecular formula is C36H40BrN3O4S. The van der Waals surface area contributed by atoms with Gasteiger partial charge in [0.1, 0.15) is 12.6 Å². The summed E-state index contributed by atoms with van der Waals surface area (Å²) < 4.78 is 30.4. The second-order valence-corrected chi connectivity index (χ2v) is 14.4. The van der Waals surface area contributed by atoms with E-state index in [0.29, 0.717) is 17.8 Å². The molecule has 4 aromatic carbocycles. The molecule has 0 bridgehead atoms. The van der Waals surface area contributed by atoms with Crippen LogP contribution < -0.4 is 9.62 Å². The SMILES string of the molecule is Cc1ccc(S(=O)(=O)N(CC(=O)N(Cc2ccc(Br)cc2)C(Cc2ccccc2)C(=O)NCC(C)C)c2ccccc2C)cc1. The third-order valence-electron chi connectivity index (χ3n) is 7.49. The highest BCUT2D eigenvalue weighted by Crippen LogP contribution is 2.28. The van der Waals surface area contributed by atoms with Gasteiger partial charge in [-0.1, -0.05) is 108 Å². The first-order valence-corrected chi connectivity index (χ1v) is 17.2. The average Bonchev–Trinajstić information content (AvgIpc) is 3.02. The highest BCUT2D eigenvalue weighted by atomic mass is 79.9. The Morgan fingerprint density at radius 3 is 2.04 bits per heavy atom. The van der Waals surface area contributed by atoms with Gasteiger partial charge < -0.3 is 10.2 Å². The van der Waals surface area contributed by atoms with E-state index in [1.54, 1.807) is 36.4 Å². The predicted molar refractivity (Wildman–Crippen MR) is 183 cm³/mol. The van der Waals surface area contributed by atoms with Crippen LogP contribution in [0.25, 0.3) is 0 Å². The molecule has 2 amide bonds. The van der Waals surface area contributed by atoms with Gasteiger partial charge in [-0.15, -0.1) is 0 Å². The molecule has 0 saturated heterocycles. The summed E-state index contributed by atoms with van der Waals surface area (Å²) in [5.74, 6) is -0.572. The minimum atomic E-state index is -4.15. The minimum absolute atomic E-state index is 0.0825. The van der Waals surface area contributed by atoms with Crippen LogP contribution in [0.5, 0.6) is 0 Å². The fourth-order valence-corrected chi connectivity index (χ4v) is 6.70. The van der Waals surface area contributed by atoms with Gasteiger partial charge in [-0.25, -0.2) is 8.42 Å². The Labute approximate surface area is 275 Å². The van der Waals surface area contributed by atoms with Crippen molar-refractivity contribution in [3.63, 3.8) is 0 Å². The number of hydrogen-bond acceptors (Lipinski definition) is 4. The zero-order chi connectivity index (χ0) is 32.6. The summed E-state index contributed by atoms with van der Waals surface area (Å²) in [6.45, 7) is 7.79. The van der Waals surface area contributed by atoms with Gasteiger partial charge in [0, 0.05) is 24.0 Å². The summed E-state index contributed by atoms with van der Waals surface area (Å²) in [4.78, 5) is 30.0. The summed E-state index contributed by atoms with van der Waals surface area (Å²) >= 11 is 3.47. The molecule has 9 heteroatoms. The van der Waals surface area contributed by atoms with Crippen molar-refractivity contribution in [1.82, 2.24) is 10.2 Å². The van der Waals surface area contributed by atoms with Crippen LogP contribution in [0.3, 0.4) is 0 Å². The van der Waals surface area contributed by atoms with E-state index in [0.717, 1.165) is 25.5 Å². The summed E-state index contributed by atoms with van der Waals surface area (Å²) in [6.07, 6.45) is 0.266. The first kappa shape index (κ1) is 33.9. The van der Waals surface area contributed by atoms with E-state index in [4.69, 9.17) is 0 Å². The molecule has 4 rings (SSSR count). The molecule has 236 valence electrons. The number of amides is 2. The maximum Gasteiger partial charge on any atom is 0.264 e. The summed E-state index contributed by atoms with van der Waals surface area (Å²) in [6, 6.07) is 29.9. The lowest BCUT2D eigenvalue weighted by Crippen LogP contribution is -2.53. The molecule has 0 aliphatic carbocycles. The number of hydrogen-bond donors (Lipinski definition) is 1. The van der Waals surface area contributed by atoms with Gasteiger partial charge in [0.05, 0.1) is 10.6 Å². The molecular weight excluding hydrogens is 650 g/mol. The molecule has 0 aliphatic heterocycles. The number of carbonyl (C=O) groups excluding carboxylic acids is 2. The quantitative estimate of drug-likeness (QED) is 0.170. The number of nitrogens with zero attached hydrogens (tertiary/aromatic N) is 2. The molecule has 1 unspecified atom stereocenters. The van der Waals surface area contributed by atoms with E-state index in [1.807, 2.05) is 94.4 Å². The third-order valence-corrected chi connectivity index (χ3v) is 9.80. The van der Waals surface area contributed by atoms with E-state index in [9.17, 15) is 18.0 Å². The van der Waals surface area contributed by atoms with Crippen molar-refractivity contribution in [2.24, 2.45) is 5.92 Å². The zero-order valence-electron chi connectivity index (χ0n) is 26.1. The molecule has 0 fully saturated rings. The Balaban J connectivity index is 1.80. The summed E-state index contributed by atoms with van der Waals surface area (Å²) in [5, 5.41) is 3.02. The molecule has 1 N–H and O–H groups in total. The molecule has 1 atom stereocenters. The van der Waals surface area contributed by atoms with Gasteiger partial charge >= 0.3 is 0 Å². The van der Waals surface area contributed by atoms with Gasteiger partial charge in [-0.05, 0) is 66.8 Å². The Hall–Kier alpha value is -3.95. The van der Waals surface area contributed by atoms with Crippen molar-refractivity contribution in [1.29, 1.82) is 0 Å². The second kappa shape index (κ2) is 15.4. The van der Waals surface area contributed by atoms with Gasteiger partial charge in [-0.2, -0.15) is 0 Å². The Morgan fingerprint density at radius 2 is 1.42 bits per heavy atom. The summed E-state index contributed by atoms with van der Waals surface area (Å²) in [5.41, 5.74) is 3.73. The molecule has 0 spiro atoms.